The number of rotatable bonds is 25. The molecule has 0 aliphatic carbocycles. The fraction of sp³-hybridized carbons (Fsp3) is 0.556. The molecule has 0 saturated carbocycles. The number of phenols is 1. The van der Waals surface area contributed by atoms with Crippen molar-refractivity contribution >= 4 is 47.6 Å². The quantitative estimate of drug-likeness (QED) is 0.0408. The molecular weight excluding hydrogens is 732 g/mol. The van der Waals surface area contributed by atoms with Crippen LogP contribution in [0.25, 0.3) is 0 Å². The summed E-state index contributed by atoms with van der Waals surface area (Å²) >= 11 is 0. The summed E-state index contributed by atoms with van der Waals surface area (Å²) < 4.78 is 0. The van der Waals surface area contributed by atoms with Crippen LogP contribution < -0.4 is 54.4 Å². The molecule has 56 heavy (non-hydrogen) atoms. The summed E-state index contributed by atoms with van der Waals surface area (Å²) in [5.74, 6) is -5.26. The lowest BCUT2D eigenvalue weighted by Gasteiger charge is -2.27. The standard InChI is InChI=1S/C36H58N10O10/c1-5-6-9-24(32(51)45-27(19-22-12-14-23(47)15-13-22)33(52)46-28(34(53)54)18-20(2)3)43-31(50)26(11-8-17-41-36(39)56)44-30(49)25(42-29(48)21(4)37)10-7-16-40-35(38)55/h5-6,12-15,20-21,24-28,47H,7-11,16-19,37H2,1-4H3,(H,42,48)(H,43,50)(H,44,49)(H,45,51)(H,46,52)(H,53,54)(H3,38,40,55)(H3,39,41,56)/b6-5+/t21-,24-,25-,26-,27-,28-/m0/s1. The SMILES string of the molecule is C/C=C/C[C@H](NC(=O)[C@H](CCCNC(N)=O)NC(=O)[C@H](CCCNC(N)=O)NC(=O)[C@H](C)N)C(=O)N[C@@H](Cc1ccc(O)cc1)C(=O)N[C@@H](CC(C)C)C(=O)O. The lowest BCUT2D eigenvalue weighted by molar-refractivity contribution is -0.142. The first-order chi connectivity index (χ1) is 26.3. The second-order valence-electron chi connectivity index (χ2n) is 13.6. The van der Waals surface area contributed by atoms with Crippen molar-refractivity contribution in [3.05, 3.63) is 42.0 Å². The number of aliphatic carboxylic acids is 1. The van der Waals surface area contributed by atoms with Crippen LogP contribution in [-0.4, -0.2) is 107 Å². The number of carboxylic acid groups (broad SMARTS) is 1. The molecule has 0 spiro atoms. The molecule has 0 fully saturated rings. The highest BCUT2D eigenvalue weighted by molar-refractivity contribution is 5.96. The number of allylic oxidation sites excluding steroid dienone is 1. The Labute approximate surface area is 325 Å². The Morgan fingerprint density at radius 3 is 1.54 bits per heavy atom. The van der Waals surface area contributed by atoms with E-state index < -0.39 is 83.8 Å². The molecular formula is C36H58N10O10. The smallest absolute Gasteiger partial charge is 0.326 e. The molecule has 0 radical (unpaired) electrons. The van der Waals surface area contributed by atoms with Crippen molar-refractivity contribution in [2.24, 2.45) is 23.1 Å². The van der Waals surface area contributed by atoms with E-state index in [4.69, 9.17) is 17.2 Å². The predicted molar refractivity (Wildman–Crippen MR) is 205 cm³/mol. The van der Waals surface area contributed by atoms with Gasteiger partial charge in [0, 0.05) is 19.5 Å². The number of phenolic OH excluding ortho intramolecular Hbond substituents is 1. The van der Waals surface area contributed by atoms with E-state index in [9.17, 15) is 48.6 Å². The molecule has 0 aliphatic rings. The average molecular weight is 791 g/mol. The van der Waals surface area contributed by atoms with Crippen LogP contribution in [0.1, 0.15) is 71.8 Å². The van der Waals surface area contributed by atoms with Crippen molar-refractivity contribution in [2.45, 2.75) is 109 Å². The molecule has 1 aromatic carbocycles. The van der Waals surface area contributed by atoms with Crippen molar-refractivity contribution < 1.29 is 48.6 Å². The van der Waals surface area contributed by atoms with Crippen molar-refractivity contribution in [2.75, 3.05) is 13.1 Å². The zero-order valence-corrected chi connectivity index (χ0v) is 32.3. The van der Waals surface area contributed by atoms with Crippen LogP contribution in [0.5, 0.6) is 5.75 Å². The lowest BCUT2D eigenvalue weighted by Crippen LogP contribution is -2.59. The van der Waals surface area contributed by atoms with Crippen LogP contribution >= 0.6 is 0 Å². The number of carboxylic acids is 1. The average Bonchev–Trinajstić information content (AvgIpc) is 3.11. The summed E-state index contributed by atoms with van der Waals surface area (Å²) in [4.78, 5) is 102. The number of carbonyl (C=O) groups excluding carboxylic acids is 7. The maximum Gasteiger partial charge on any atom is 0.326 e. The van der Waals surface area contributed by atoms with Crippen molar-refractivity contribution in [3.8, 4) is 5.75 Å². The number of hydrogen-bond donors (Lipinski definition) is 12. The Bertz CT molecular complexity index is 1520. The Balaban J connectivity index is 3.41. The highest BCUT2D eigenvalue weighted by Crippen LogP contribution is 2.13. The molecule has 20 heteroatoms. The van der Waals surface area contributed by atoms with Gasteiger partial charge < -0.3 is 64.6 Å². The van der Waals surface area contributed by atoms with Crippen LogP contribution in [-0.2, 0) is 35.2 Å². The molecule has 1 aromatic rings. The van der Waals surface area contributed by atoms with Gasteiger partial charge in [0.25, 0.3) is 0 Å². The number of nitrogens with one attached hydrogen (secondary N) is 7. The monoisotopic (exact) mass is 790 g/mol. The van der Waals surface area contributed by atoms with E-state index in [1.807, 2.05) is 0 Å². The fourth-order valence-electron chi connectivity index (χ4n) is 5.24. The first-order valence-corrected chi connectivity index (χ1v) is 18.3. The van der Waals surface area contributed by atoms with Crippen molar-refractivity contribution in [1.82, 2.24) is 37.2 Å². The Hall–Kier alpha value is -5.92. The van der Waals surface area contributed by atoms with E-state index >= 15 is 0 Å². The van der Waals surface area contributed by atoms with Crippen LogP contribution in [0.2, 0.25) is 0 Å². The minimum absolute atomic E-state index is 0.0128. The zero-order chi connectivity index (χ0) is 42.4. The molecule has 312 valence electrons. The number of carbonyl (C=O) groups is 8. The van der Waals surface area contributed by atoms with Gasteiger partial charge in [0.15, 0.2) is 0 Å². The minimum atomic E-state index is -1.32. The van der Waals surface area contributed by atoms with E-state index in [1.54, 1.807) is 32.9 Å². The first-order valence-electron chi connectivity index (χ1n) is 18.3. The maximum atomic E-state index is 13.9. The largest absolute Gasteiger partial charge is 0.508 e. The Kier molecular flexibility index (Phi) is 21.7. The third-order valence-corrected chi connectivity index (χ3v) is 8.19. The zero-order valence-electron chi connectivity index (χ0n) is 32.3. The third-order valence-electron chi connectivity index (χ3n) is 8.19. The molecule has 0 aromatic heterocycles. The summed E-state index contributed by atoms with van der Waals surface area (Å²) in [5.41, 5.74) is 16.5. The highest BCUT2D eigenvalue weighted by Gasteiger charge is 2.32. The maximum absolute atomic E-state index is 13.9. The van der Waals surface area contributed by atoms with Crippen LogP contribution in [0.3, 0.4) is 0 Å². The summed E-state index contributed by atoms with van der Waals surface area (Å²) in [6.07, 6.45) is 3.46. The van der Waals surface area contributed by atoms with Gasteiger partial charge in [-0.15, -0.1) is 0 Å². The molecule has 0 aliphatic heterocycles. The molecule has 1 rings (SSSR count). The second kappa shape index (κ2) is 25.2. The number of nitrogens with two attached hydrogens (primary N) is 3. The molecule has 20 nitrogen and oxygen atoms in total. The molecule has 15 N–H and O–H groups in total. The Morgan fingerprint density at radius 2 is 1.09 bits per heavy atom. The van der Waals surface area contributed by atoms with Gasteiger partial charge in [-0.2, -0.15) is 0 Å². The van der Waals surface area contributed by atoms with Gasteiger partial charge >= 0.3 is 18.0 Å². The van der Waals surface area contributed by atoms with E-state index in [2.05, 4.69) is 37.2 Å². The number of aromatic hydroxyl groups is 1. The van der Waals surface area contributed by atoms with Gasteiger partial charge in [0.2, 0.25) is 29.5 Å². The normalized spacial score (nSPS) is 14.2. The number of urea groups is 2. The molecule has 0 bridgehead atoms. The first kappa shape index (κ1) is 48.1. The molecule has 9 amide bonds. The number of benzene rings is 1. The third kappa shape index (κ3) is 19.4. The molecule has 6 atom stereocenters. The Morgan fingerprint density at radius 1 is 0.661 bits per heavy atom. The molecule has 0 saturated heterocycles. The van der Waals surface area contributed by atoms with Gasteiger partial charge in [-0.3, -0.25) is 24.0 Å². The summed E-state index contributed by atoms with van der Waals surface area (Å²) in [6, 6.07) is -3.15. The van der Waals surface area contributed by atoms with Crippen molar-refractivity contribution in [1.29, 1.82) is 0 Å². The number of amides is 9. The van der Waals surface area contributed by atoms with Gasteiger partial charge in [0.1, 0.15) is 36.0 Å². The van der Waals surface area contributed by atoms with Crippen LogP contribution in [0.4, 0.5) is 9.59 Å². The highest BCUT2D eigenvalue weighted by atomic mass is 16.4. The number of primary amides is 2. The van der Waals surface area contributed by atoms with Gasteiger partial charge in [0.05, 0.1) is 6.04 Å². The summed E-state index contributed by atoms with van der Waals surface area (Å²) in [6.45, 7) is 6.78. The van der Waals surface area contributed by atoms with E-state index in [1.165, 1.54) is 31.2 Å². The van der Waals surface area contributed by atoms with Gasteiger partial charge in [-0.05, 0) is 76.0 Å². The second-order valence-corrected chi connectivity index (χ2v) is 13.6. The summed E-state index contributed by atoms with van der Waals surface area (Å²) in [7, 11) is 0. The summed E-state index contributed by atoms with van der Waals surface area (Å²) in [5, 5.41) is 37.1. The molecule has 0 unspecified atom stereocenters. The van der Waals surface area contributed by atoms with Crippen LogP contribution in [0.15, 0.2) is 36.4 Å². The van der Waals surface area contributed by atoms with Gasteiger partial charge in [-0.1, -0.05) is 38.1 Å². The predicted octanol–water partition coefficient (Wildman–Crippen LogP) is -1.30. The van der Waals surface area contributed by atoms with E-state index in [0.717, 1.165) is 0 Å². The van der Waals surface area contributed by atoms with Gasteiger partial charge in [-0.25, -0.2) is 14.4 Å². The number of hydrogen-bond acceptors (Lipinski definition) is 10. The van der Waals surface area contributed by atoms with E-state index in [0.29, 0.717) is 5.56 Å². The topological polar surface area (TPSA) is 339 Å². The lowest BCUT2D eigenvalue weighted by atomic mass is 10.0. The minimum Gasteiger partial charge on any atom is -0.508 e. The fourth-order valence-corrected chi connectivity index (χ4v) is 5.24. The van der Waals surface area contributed by atoms with Crippen LogP contribution in [0, 0.1) is 5.92 Å². The molecule has 0 heterocycles. The van der Waals surface area contributed by atoms with Crippen molar-refractivity contribution in [3.63, 3.8) is 0 Å². The van der Waals surface area contributed by atoms with E-state index in [-0.39, 0.29) is 69.7 Å².